The van der Waals surface area contributed by atoms with Crippen molar-refractivity contribution in [3.05, 3.63) is 35.4 Å². The maximum atomic E-state index is 9.09. The van der Waals surface area contributed by atoms with Gasteiger partial charge in [0.05, 0.1) is 6.61 Å². The van der Waals surface area contributed by atoms with Crippen LogP contribution in [0.4, 0.5) is 0 Å². The Morgan fingerprint density at radius 1 is 1.06 bits per heavy atom. The Balaban J connectivity index is 1.73. The van der Waals surface area contributed by atoms with Crippen LogP contribution < -0.4 is 0 Å². The van der Waals surface area contributed by atoms with Gasteiger partial charge in [-0.2, -0.15) is 0 Å². The van der Waals surface area contributed by atoms with Crippen LogP contribution in [0.2, 0.25) is 0 Å². The molecule has 94 valence electrons. The smallest absolute Gasteiger partial charge is 0.0681 e. The summed E-state index contributed by atoms with van der Waals surface area (Å²) in [6.07, 6.45) is 11.1. The maximum absolute atomic E-state index is 9.09. The molecule has 2 rings (SSSR count). The fourth-order valence-electron chi connectivity index (χ4n) is 2.95. The zero-order chi connectivity index (χ0) is 11.9. The molecule has 1 heteroatoms. The minimum Gasteiger partial charge on any atom is -0.392 e. The van der Waals surface area contributed by atoms with Crippen LogP contribution in [0.3, 0.4) is 0 Å². The molecule has 0 aliphatic heterocycles. The summed E-state index contributed by atoms with van der Waals surface area (Å²) < 4.78 is 0. The summed E-state index contributed by atoms with van der Waals surface area (Å²) in [7, 11) is 0. The first-order valence-corrected chi connectivity index (χ1v) is 7.07. The summed E-state index contributed by atoms with van der Waals surface area (Å²) >= 11 is 0. The van der Waals surface area contributed by atoms with Crippen LogP contribution >= 0.6 is 0 Å². The number of benzene rings is 1. The molecule has 0 atom stereocenters. The molecule has 0 saturated heterocycles. The second kappa shape index (κ2) is 6.80. The van der Waals surface area contributed by atoms with Crippen LogP contribution in [0.25, 0.3) is 0 Å². The van der Waals surface area contributed by atoms with Crippen LogP contribution in [-0.4, -0.2) is 5.11 Å². The van der Waals surface area contributed by atoms with E-state index in [4.69, 9.17) is 5.11 Å². The van der Waals surface area contributed by atoms with Crippen LogP contribution in [0.5, 0.6) is 0 Å². The van der Waals surface area contributed by atoms with Crippen molar-refractivity contribution in [2.45, 2.75) is 58.0 Å². The maximum Gasteiger partial charge on any atom is 0.0681 e. The highest BCUT2D eigenvalue weighted by molar-refractivity contribution is 5.22. The lowest BCUT2D eigenvalue weighted by atomic mass is 9.85. The lowest BCUT2D eigenvalue weighted by Crippen LogP contribution is -2.06. The molecule has 0 amide bonds. The Hall–Kier alpha value is -0.820. The number of hydrogen-bond acceptors (Lipinski definition) is 1. The van der Waals surface area contributed by atoms with Crippen molar-refractivity contribution >= 4 is 0 Å². The highest BCUT2D eigenvalue weighted by atomic mass is 16.3. The molecule has 0 bridgehead atoms. The molecule has 17 heavy (non-hydrogen) atoms. The summed E-state index contributed by atoms with van der Waals surface area (Å²) in [6, 6.07) is 8.37. The quantitative estimate of drug-likeness (QED) is 0.811. The fourth-order valence-corrected chi connectivity index (χ4v) is 2.95. The Morgan fingerprint density at radius 3 is 2.59 bits per heavy atom. The third-order valence-corrected chi connectivity index (χ3v) is 3.98. The summed E-state index contributed by atoms with van der Waals surface area (Å²) in [4.78, 5) is 0. The van der Waals surface area contributed by atoms with Crippen molar-refractivity contribution in [2.24, 2.45) is 5.92 Å². The third-order valence-electron chi connectivity index (χ3n) is 3.98. The first-order valence-electron chi connectivity index (χ1n) is 7.07. The lowest BCUT2D eigenvalue weighted by Gasteiger charge is -2.21. The number of aliphatic hydroxyl groups excluding tert-OH is 1. The molecule has 1 nitrogen and oxygen atoms in total. The number of rotatable bonds is 5. The highest BCUT2D eigenvalue weighted by Gasteiger charge is 2.12. The molecule has 0 aromatic heterocycles. The molecule has 0 heterocycles. The van der Waals surface area contributed by atoms with Gasteiger partial charge in [0, 0.05) is 0 Å². The second-order valence-electron chi connectivity index (χ2n) is 5.37. The molecule has 1 aliphatic rings. The molecule has 1 saturated carbocycles. The predicted molar refractivity (Wildman–Crippen MR) is 71.9 cm³/mol. The van der Waals surface area contributed by atoms with Gasteiger partial charge >= 0.3 is 0 Å². The topological polar surface area (TPSA) is 20.2 Å². The van der Waals surface area contributed by atoms with Gasteiger partial charge in [-0.15, -0.1) is 0 Å². The van der Waals surface area contributed by atoms with Crippen molar-refractivity contribution in [3.63, 3.8) is 0 Å². The normalized spacial score (nSPS) is 17.2. The summed E-state index contributed by atoms with van der Waals surface area (Å²) in [5.41, 5.74) is 2.42. The van der Waals surface area contributed by atoms with Crippen LogP contribution in [0.15, 0.2) is 24.3 Å². The number of aliphatic hydroxyl groups is 1. The summed E-state index contributed by atoms with van der Waals surface area (Å²) in [6.45, 7) is 0.163. The largest absolute Gasteiger partial charge is 0.392 e. The molecule has 1 N–H and O–H groups in total. The van der Waals surface area contributed by atoms with E-state index in [2.05, 4.69) is 18.2 Å². The minimum atomic E-state index is 0.163. The molecular formula is C16H24O. The predicted octanol–water partition coefficient (Wildman–Crippen LogP) is 4.08. The van der Waals surface area contributed by atoms with Crippen LogP contribution in [0.1, 0.15) is 56.1 Å². The average Bonchev–Trinajstić information content (AvgIpc) is 2.40. The third kappa shape index (κ3) is 4.16. The van der Waals surface area contributed by atoms with Gasteiger partial charge in [0.2, 0.25) is 0 Å². The summed E-state index contributed by atoms with van der Waals surface area (Å²) in [5.74, 6) is 0.991. The molecule has 0 radical (unpaired) electrons. The van der Waals surface area contributed by atoms with E-state index >= 15 is 0 Å². The van der Waals surface area contributed by atoms with Gasteiger partial charge < -0.3 is 5.11 Å². The zero-order valence-corrected chi connectivity index (χ0v) is 10.7. The lowest BCUT2D eigenvalue weighted by molar-refractivity contribution is 0.281. The van der Waals surface area contributed by atoms with Gasteiger partial charge in [0.15, 0.2) is 0 Å². The summed E-state index contributed by atoms with van der Waals surface area (Å²) in [5, 5.41) is 9.09. The fraction of sp³-hybridized carbons (Fsp3) is 0.625. The highest BCUT2D eigenvalue weighted by Crippen LogP contribution is 2.27. The standard InChI is InChI=1S/C16H24O/c17-13-16-11-5-10-15(12-16)9-4-8-14-6-2-1-3-7-14/h5,10-12,14,17H,1-4,6-9,13H2. The monoisotopic (exact) mass is 232 g/mol. The van der Waals surface area contributed by atoms with Gasteiger partial charge in [-0.05, 0) is 29.9 Å². The molecule has 1 fully saturated rings. The van der Waals surface area contributed by atoms with Crippen LogP contribution in [0, 0.1) is 5.92 Å². The van der Waals surface area contributed by atoms with Gasteiger partial charge in [0.25, 0.3) is 0 Å². The van der Waals surface area contributed by atoms with E-state index < -0.39 is 0 Å². The zero-order valence-electron chi connectivity index (χ0n) is 10.7. The number of aryl methyl sites for hydroxylation is 1. The van der Waals surface area contributed by atoms with E-state index in [1.54, 1.807) is 0 Å². The van der Waals surface area contributed by atoms with E-state index in [1.807, 2.05) is 6.07 Å². The van der Waals surface area contributed by atoms with Crippen LogP contribution in [-0.2, 0) is 13.0 Å². The molecular weight excluding hydrogens is 208 g/mol. The Morgan fingerprint density at radius 2 is 1.82 bits per heavy atom. The van der Waals surface area contributed by atoms with Gasteiger partial charge in [-0.3, -0.25) is 0 Å². The van der Waals surface area contributed by atoms with Crippen molar-refractivity contribution in [3.8, 4) is 0 Å². The first-order chi connectivity index (χ1) is 8.38. The van der Waals surface area contributed by atoms with Gasteiger partial charge in [0.1, 0.15) is 0 Å². The van der Waals surface area contributed by atoms with Crippen molar-refractivity contribution in [1.29, 1.82) is 0 Å². The van der Waals surface area contributed by atoms with E-state index in [-0.39, 0.29) is 6.61 Å². The second-order valence-corrected chi connectivity index (χ2v) is 5.37. The van der Waals surface area contributed by atoms with E-state index in [1.165, 1.54) is 56.9 Å². The first kappa shape index (κ1) is 12.6. The van der Waals surface area contributed by atoms with E-state index in [9.17, 15) is 0 Å². The molecule has 0 spiro atoms. The SMILES string of the molecule is OCc1cccc(CCCC2CCCCC2)c1. The Labute approximate surface area is 105 Å². The number of hydrogen-bond donors (Lipinski definition) is 1. The van der Waals surface area contributed by atoms with E-state index in [0.717, 1.165) is 11.5 Å². The molecule has 1 aromatic carbocycles. The Bertz CT molecular complexity index is 326. The van der Waals surface area contributed by atoms with Gasteiger partial charge in [-0.25, -0.2) is 0 Å². The Kier molecular flexibility index (Phi) is 5.06. The minimum absolute atomic E-state index is 0.163. The van der Waals surface area contributed by atoms with Crippen molar-refractivity contribution < 1.29 is 5.11 Å². The van der Waals surface area contributed by atoms with Crippen molar-refractivity contribution in [1.82, 2.24) is 0 Å². The van der Waals surface area contributed by atoms with Crippen molar-refractivity contribution in [2.75, 3.05) is 0 Å². The molecule has 0 unspecified atom stereocenters. The van der Waals surface area contributed by atoms with E-state index in [0.29, 0.717) is 0 Å². The molecule has 1 aromatic rings. The molecule has 1 aliphatic carbocycles. The average molecular weight is 232 g/mol. The van der Waals surface area contributed by atoms with Gasteiger partial charge in [-0.1, -0.05) is 62.8 Å².